The number of ether oxygens (including phenoxy) is 1. The van der Waals surface area contributed by atoms with Crippen LogP contribution in [-0.4, -0.2) is 40.3 Å². The first-order valence-corrected chi connectivity index (χ1v) is 10.1. The second-order valence-electron chi connectivity index (χ2n) is 7.71. The minimum Gasteiger partial charge on any atom is -0.466 e. The first kappa shape index (κ1) is 20.3. The molecule has 0 bridgehead atoms. The lowest BCUT2D eigenvalue weighted by Crippen LogP contribution is -2.48. The minimum atomic E-state index is -0.477. The number of piperidine rings is 1. The topological polar surface area (TPSA) is 47.4 Å². The first-order chi connectivity index (χ1) is 13.5. The highest BCUT2D eigenvalue weighted by Gasteiger charge is 2.42. The van der Waals surface area contributed by atoms with Gasteiger partial charge >= 0.3 is 5.97 Å². The summed E-state index contributed by atoms with van der Waals surface area (Å²) in [5.41, 5.74) is 3.08. The number of benzene rings is 1. The number of rotatable bonds is 7. The van der Waals surface area contributed by atoms with Crippen LogP contribution in [0.5, 0.6) is 0 Å². The number of esters is 1. The van der Waals surface area contributed by atoms with Crippen LogP contribution in [0.15, 0.2) is 42.6 Å². The van der Waals surface area contributed by atoms with Crippen LogP contribution in [-0.2, 0) is 23.1 Å². The summed E-state index contributed by atoms with van der Waals surface area (Å²) < 4.78 is 7.40. The summed E-state index contributed by atoms with van der Waals surface area (Å²) >= 11 is 0. The molecule has 0 amide bonds. The van der Waals surface area contributed by atoms with Gasteiger partial charge in [0.15, 0.2) is 0 Å². The molecule has 0 radical (unpaired) electrons. The summed E-state index contributed by atoms with van der Waals surface area (Å²) in [6.45, 7) is 6.93. The van der Waals surface area contributed by atoms with Gasteiger partial charge in [0.1, 0.15) is 0 Å². The van der Waals surface area contributed by atoms with Crippen molar-refractivity contribution in [2.45, 2.75) is 39.7 Å². The molecule has 5 heteroatoms. The van der Waals surface area contributed by atoms with E-state index in [1.54, 1.807) is 0 Å². The molecule has 1 saturated heterocycles. The smallest absolute Gasteiger partial charge is 0.313 e. The van der Waals surface area contributed by atoms with Crippen LogP contribution in [0.25, 0.3) is 6.08 Å². The van der Waals surface area contributed by atoms with E-state index in [-0.39, 0.29) is 5.97 Å². The molecule has 1 atom stereocenters. The molecule has 1 aliphatic rings. The Bertz CT molecular complexity index is 813. The molecule has 0 aliphatic carbocycles. The van der Waals surface area contributed by atoms with Crippen LogP contribution in [0.4, 0.5) is 0 Å². The molecule has 1 aliphatic heterocycles. The van der Waals surface area contributed by atoms with Crippen LogP contribution in [0, 0.1) is 12.3 Å². The molecule has 1 aromatic carbocycles. The molecule has 2 heterocycles. The Morgan fingerprint density at radius 1 is 1.32 bits per heavy atom. The highest BCUT2D eigenvalue weighted by Crippen LogP contribution is 2.36. The van der Waals surface area contributed by atoms with E-state index in [0.29, 0.717) is 13.0 Å². The van der Waals surface area contributed by atoms with E-state index in [1.165, 1.54) is 11.3 Å². The number of carbonyl (C=O) groups is 1. The molecule has 1 aromatic heterocycles. The lowest BCUT2D eigenvalue weighted by Gasteiger charge is -2.40. The molecular formula is C23H31N3O2. The third kappa shape index (κ3) is 4.71. The van der Waals surface area contributed by atoms with Gasteiger partial charge < -0.3 is 4.74 Å². The number of hydrogen-bond acceptors (Lipinski definition) is 4. The van der Waals surface area contributed by atoms with Crippen molar-refractivity contribution in [1.82, 2.24) is 14.7 Å². The number of carbonyl (C=O) groups excluding carboxylic acids is 1. The van der Waals surface area contributed by atoms with Crippen molar-refractivity contribution >= 4 is 12.0 Å². The lowest BCUT2D eigenvalue weighted by atomic mass is 9.76. The molecule has 3 rings (SSSR count). The third-order valence-corrected chi connectivity index (χ3v) is 5.71. The fourth-order valence-electron chi connectivity index (χ4n) is 3.99. The van der Waals surface area contributed by atoms with Crippen molar-refractivity contribution in [2.24, 2.45) is 12.5 Å². The average Bonchev–Trinajstić information content (AvgIpc) is 3.01. The van der Waals surface area contributed by atoms with Gasteiger partial charge in [-0.3, -0.25) is 14.4 Å². The molecule has 2 aromatic rings. The van der Waals surface area contributed by atoms with Gasteiger partial charge in [0.2, 0.25) is 0 Å². The van der Waals surface area contributed by atoms with Crippen LogP contribution in [0.2, 0.25) is 0 Å². The van der Waals surface area contributed by atoms with E-state index in [1.807, 2.05) is 43.0 Å². The van der Waals surface area contributed by atoms with Crippen molar-refractivity contribution in [3.05, 3.63) is 59.4 Å². The maximum Gasteiger partial charge on any atom is 0.313 e. The summed E-state index contributed by atoms with van der Waals surface area (Å²) in [4.78, 5) is 15.3. The fraction of sp³-hybridized carbons (Fsp3) is 0.478. The SMILES string of the molecule is CCOC(=O)C1(CC=Cc2ccccc2)CCCN(Cc2cnn(C)c2C)C1. The highest BCUT2D eigenvalue weighted by molar-refractivity contribution is 5.77. The number of aromatic nitrogens is 2. The Morgan fingerprint density at radius 2 is 2.11 bits per heavy atom. The third-order valence-electron chi connectivity index (χ3n) is 5.71. The van der Waals surface area contributed by atoms with Gasteiger partial charge in [0.25, 0.3) is 0 Å². The zero-order chi connectivity index (χ0) is 20.0. The minimum absolute atomic E-state index is 0.0691. The number of likely N-dealkylation sites (tertiary alicyclic amines) is 1. The van der Waals surface area contributed by atoms with Crippen molar-refractivity contribution < 1.29 is 9.53 Å². The Hall–Kier alpha value is -2.40. The second kappa shape index (κ2) is 9.20. The molecule has 5 nitrogen and oxygen atoms in total. The Labute approximate surface area is 168 Å². The lowest BCUT2D eigenvalue weighted by molar-refractivity contribution is -0.159. The summed E-state index contributed by atoms with van der Waals surface area (Å²) in [6.07, 6.45) is 8.73. The van der Waals surface area contributed by atoms with E-state index in [2.05, 4.69) is 41.2 Å². The van der Waals surface area contributed by atoms with E-state index in [0.717, 1.165) is 38.0 Å². The van der Waals surface area contributed by atoms with Crippen LogP contribution >= 0.6 is 0 Å². The maximum absolute atomic E-state index is 12.9. The molecule has 0 spiro atoms. The van der Waals surface area contributed by atoms with Crippen molar-refractivity contribution in [3.63, 3.8) is 0 Å². The maximum atomic E-state index is 12.9. The van der Waals surface area contributed by atoms with E-state index in [9.17, 15) is 4.79 Å². The largest absolute Gasteiger partial charge is 0.466 e. The molecule has 0 saturated carbocycles. The van der Waals surface area contributed by atoms with Crippen LogP contribution < -0.4 is 0 Å². The number of hydrogen-bond donors (Lipinski definition) is 0. The molecule has 1 unspecified atom stereocenters. The van der Waals surface area contributed by atoms with Gasteiger partial charge in [0, 0.05) is 31.4 Å². The van der Waals surface area contributed by atoms with Gasteiger partial charge in [-0.15, -0.1) is 0 Å². The second-order valence-corrected chi connectivity index (χ2v) is 7.71. The average molecular weight is 382 g/mol. The van der Waals surface area contributed by atoms with E-state index >= 15 is 0 Å². The fourth-order valence-corrected chi connectivity index (χ4v) is 3.99. The summed E-state index contributed by atoms with van der Waals surface area (Å²) in [5.74, 6) is -0.0691. The number of nitrogens with zero attached hydrogens (tertiary/aromatic N) is 3. The van der Waals surface area contributed by atoms with Gasteiger partial charge in [-0.1, -0.05) is 42.5 Å². The Morgan fingerprint density at radius 3 is 2.79 bits per heavy atom. The van der Waals surface area contributed by atoms with Crippen molar-refractivity contribution in [1.29, 1.82) is 0 Å². The predicted octanol–water partition coefficient (Wildman–Crippen LogP) is 3.98. The monoisotopic (exact) mass is 381 g/mol. The van der Waals surface area contributed by atoms with Gasteiger partial charge in [-0.05, 0) is 45.2 Å². The van der Waals surface area contributed by atoms with Crippen LogP contribution in [0.3, 0.4) is 0 Å². The molecule has 0 N–H and O–H groups in total. The van der Waals surface area contributed by atoms with Gasteiger partial charge in [0.05, 0.1) is 18.2 Å². The van der Waals surface area contributed by atoms with Gasteiger partial charge in [-0.25, -0.2) is 0 Å². The predicted molar refractivity (Wildman–Crippen MR) is 112 cm³/mol. The van der Waals surface area contributed by atoms with E-state index < -0.39 is 5.41 Å². The zero-order valence-electron chi connectivity index (χ0n) is 17.2. The standard InChI is InChI=1S/C23H31N3O2/c1-4-28-22(27)23(13-8-12-20-10-6-5-7-11-20)14-9-15-26(18-23)17-21-16-24-25(3)19(21)2/h5-8,10-12,16H,4,9,13-15,17-18H2,1-3H3. The van der Waals surface area contributed by atoms with Crippen LogP contribution in [0.1, 0.15) is 43.0 Å². The van der Waals surface area contributed by atoms with Gasteiger partial charge in [-0.2, -0.15) is 5.10 Å². The van der Waals surface area contributed by atoms with Crippen molar-refractivity contribution in [3.8, 4) is 0 Å². The quantitative estimate of drug-likeness (QED) is 0.681. The number of aryl methyl sites for hydroxylation is 1. The summed E-state index contributed by atoms with van der Waals surface area (Å²) in [6, 6.07) is 10.2. The highest BCUT2D eigenvalue weighted by atomic mass is 16.5. The summed E-state index contributed by atoms with van der Waals surface area (Å²) in [5, 5.41) is 4.35. The Kier molecular flexibility index (Phi) is 6.68. The number of allylic oxidation sites excluding steroid dienone is 1. The normalized spacial score (nSPS) is 20.5. The molecule has 1 fully saturated rings. The zero-order valence-corrected chi connectivity index (χ0v) is 17.2. The van der Waals surface area contributed by atoms with Crippen molar-refractivity contribution in [2.75, 3.05) is 19.7 Å². The summed E-state index contributed by atoms with van der Waals surface area (Å²) in [7, 11) is 1.96. The first-order valence-electron chi connectivity index (χ1n) is 10.1. The molecule has 150 valence electrons. The van der Waals surface area contributed by atoms with E-state index in [4.69, 9.17) is 4.74 Å². The molecule has 28 heavy (non-hydrogen) atoms. The Balaban J connectivity index is 1.75. The molecular weight excluding hydrogens is 350 g/mol.